The predicted octanol–water partition coefficient (Wildman–Crippen LogP) is 2.59. The molecule has 146 valence electrons. The van der Waals surface area contributed by atoms with E-state index in [4.69, 9.17) is 16.3 Å². The number of nitrogens with zero attached hydrogens (tertiary/aromatic N) is 2. The first kappa shape index (κ1) is 20.9. The van der Waals surface area contributed by atoms with E-state index in [2.05, 4.69) is 9.71 Å². The quantitative estimate of drug-likeness (QED) is 0.780. The maximum atomic E-state index is 12.7. The minimum Gasteiger partial charge on any atom is -0.444 e. The molecule has 1 aliphatic heterocycles. The predicted molar refractivity (Wildman–Crippen MR) is 101 cm³/mol. The molecule has 0 unspecified atom stereocenters. The van der Waals surface area contributed by atoms with E-state index >= 15 is 0 Å². The van der Waals surface area contributed by atoms with Gasteiger partial charge in [-0.1, -0.05) is 17.7 Å². The highest BCUT2D eigenvalue weighted by Crippen LogP contribution is 2.24. The summed E-state index contributed by atoms with van der Waals surface area (Å²) in [4.78, 5) is 18.4. The van der Waals surface area contributed by atoms with Gasteiger partial charge < -0.3 is 9.64 Å². The number of rotatable bonds is 4. The van der Waals surface area contributed by atoms with E-state index in [1.54, 1.807) is 37.9 Å². The van der Waals surface area contributed by atoms with Crippen molar-refractivity contribution in [2.45, 2.75) is 57.7 Å². The Balaban J connectivity index is 2.28. The van der Waals surface area contributed by atoms with Crippen LogP contribution in [0.4, 0.5) is 4.79 Å². The summed E-state index contributed by atoms with van der Waals surface area (Å²) in [6.07, 6.45) is 4.13. The van der Waals surface area contributed by atoms with Crippen LogP contribution >= 0.6 is 11.6 Å². The zero-order chi connectivity index (χ0) is 19.5. The topological polar surface area (TPSA) is 88.6 Å². The van der Waals surface area contributed by atoms with Crippen LogP contribution in [0.3, 0.4) is 0 Å². The third-order valence-corrected chi connectivity index (χ3v) is 4.96. The van der Waals surface area contributed by atoms with Gasteiger partial charge in [0, 0.05) is 18.8 Å². The average molecular weight is 404 g/mol. The maximum Gasteiger partial charge on any atom is 0.410 e. The van der Waals surface area contributed by atoms with Crippen LogP contribution in [0, 0.1) is 0 Å². The van der Waals surface area contributed by atoms with Crippen molar-refractivity contribution in [3.8, 4) is 0 Å². The molecule has 0 radical (unpaired) electrons. The Hall–Kier alpha value is -1.38. The molecule has 26 heavy (non-hydrogen) atoms. The molecular weight excluding hydrogens is 378 g/mol. The lowest BCUT2D eigenvalue weighted by Crippen LogP contribution is -2.58. The number of aromatic nitrogens is 1. The van der Waals surface area contributed by atoms with Crippen molar-refractivity contribution >= 4 is 27.7 Å². The number of sulfonamides is 1. The molecule has 1 fully saturated rings. The number of piperidine rings is 1. The summed E-state index contributed by atoms with van der Waals surface area (Å²) < 4.78 is 31.7. The van der Waals surface area contributed by atoms with Gasteiger partial charge in [0.25, 0.3) is 0 Å². The van der Waals surface area contributed by atoms with Crippen molar-refractivity contribution in [3.05, 3.63) is 29.0 Å². The molecular formula is C17H26ClN3O4S. The number of ether oxygens (including phenoxy) is 1. The van der Waals surface area contributed by atoms with Gasteiger partial charge in [-0.3, -0.25) is 0 Å². The van der Waals surface area contributed by atoms with Crippen LogP contribution in [-0.4, -0.2) is 54.9 Å². The zero-order valence-electron chi connectivity index (χ0n) is 15.5. The van der Waals surface area contributed by atoms with Gasteiger partial charge in [0.2, 0.25) is 10.0 Å². The van der Waals surface area contributed by atoms with E-state index in [0.717, 1.165) is 11.8 Å². The largest absolute Gasteiger partial charge is 0.444 e. The number of likely N-dealkylation sites (tertiary alicyclic amines) is 1. The standard InChI is InChI=1S/C17H26ClN3O4S/c1-17(2,3)25-16(22)21-9-5-6-13(20-26(4,23)24)14(21)10-12-7-8-15(18)19-11-12/h7-8,11,13-14,20H,5-6,9-10H2,1-4H3/t13-,14-/m0/s1. The Bertz CT molecular complexity index is 731. The summed E-state index contributed by atoms with van der Waals surface area (Å²) in [6.45, 7) is 5.93. The molecule has 0 aliphatic carbocycles. The van der Waals surface area contributed by atoms with E-state index in [-0.39, 0.29) is 12.1 Å². The number of hydrogen-bond acceptors (Lipinski definition) is 5. The van der Waals surface area contributed by atoms with Gasteiger partial charge >= 0.3 is 6.09 Å². The van der Waals surface area contributed by atoms with Gasteiger partial charge in [0.05, 0.1) is 12.3 Å². The number of carbonyl (C=O) groups excluding carboxylic acids is 1. The fourth-order valence-corrected chi connectivity index (χ4v) is 3.97. The molecule has 0 saturated carbocycles. The summed E-state index contributed by atoms with van der Waals surface area (Å²) >= 11 is 5.83. The average Bonchev–Trinajstić information content (AvgIpc) is 2.48. The summed E-state index contributed by atoms with van der Waals surface area (Å²) in [5.41, 5.74) is 0.246. The molecule has 1 N–H and O–H groups in total. The minimum absolute atomic E-state index is 0.365. The first-order chi connectivity index (χ1) is 11.9. The van der Waals surface area contributed by atoms with E-state index in [1.165, 1.54) is 0 Å². The number of hydrogen-bond donors (Lipinski definition) is 1. The summed E-state index contributed by atoms with van der Waals surface area (Å²) in [6, 6.07) is 2.75. The molecule has 7 nitrogen and oxygen atoms in total. The molecule has 1 aromatic rings. The minimum atomic E-state index is -3.41. The van der Waals surface area contributed by atoms with Gasteiger partial charge in [-0.15, -0.1) is 0 Å². The third-order valence-electron chi connectivity index (χ3n) is 4.01. The molecule has 1 aromatic heterocycles. The Morgan fingerprint density at radius 3 is 2.65 bits per heavy atom. The SMILES string of the molecule is CC(C)(C)OC(=O)N1CCC[C@H](NS(C)(=O)=O)[C@@H]1Cc1ccc(Cl)nc1. The zero-order valence-corrected chi connectivity index (χ0v) is 17.1. The smallest absolute Gasteiger partial charge is 0.410 e. The molecule has 0 spiro atoms. The Kier molecular flexibility index (Phi) is 6.52. The van der Waals surface area contributed by atoms with Gasteiger partial charge in [-0.25, -0.2) is 22.9 Å². The normalized spacial score (nSPS) is 21.5. The fourth-order valence-electron chi connectivity index (χ4n) is 3.04. The van der Waals surface area contributed by atoms with Crippen molar-refractivity contribution in [2.24, 2.45) is 0 Å². The molecule has 1 amide bonds. The maximum absolute atomic E-state index is 12.7. The van der Waals surface area contributed by atoms with E-state index in [9.17, 15) is 13.2 Å². The number of carbonyl (C=O) groups is 1. The lowest BCUT2D eigenvalue weighted by atomic mass is 9.92. The van der Waals surface area contributed by atoms with Crippen LogP contribution in [0.25, 0.3) is 0 Å². The highest BCUT2D eigenvalue weighted by Gasteiger charge is 2.37. The van der Waals surface area contributed by atoms with E-state index in [0.29, 0.717) is 31.0 Å². The molecule has 9 heteroatoms. The molecule has 2 heterocycles. The highest BCUT2D eigenvalue weighted by molar-refractivity contribution is 7.88. The first-order valence-corrected chi connectivity index (χ1v) is 10.8. The monoisotopic (exact) mass is 403 g/mol. The summed E-state index contributed by atoms with van der Waals surface area (Å²) in [5.74, 6) is 0. The van der Waals surface area contributed by atoms with Crippen molar-refractivity contribution in [3.63, 3.8) is 0 Å². The molecule has 2 rings (SSSR count). The Morgan fingerprint density at radius 2 is 2.12 bits per heavy atom. The van der Waals surface area contributed by atoms with E-state index in [1.807, 2.05) is 6.07 Å². The Labute approximate surface area is 160 Å². The number of halogens is 1. The van der Waals surface area contributed by atoms with Crippen molar-refractivity contribution in [2.75, 3.05) is 12.8 Å². The fraction of sp³-hybridized carbons (Fsp3) is 0.647. The van der Waals surface area contributed by atoms with Crippen LogP contribution < -0.4 is 4.72 Å². The second-order valence-corrected chi connectivity index (χ2v) is 9.74. The molecule has 0 aromatic carbocycles. The van der Waals surface area contributed by atoms with Crippen LogP contribution in [0.2, 0.25) is 5.15 Å². The molecule has 1 saturated heterocycles. The molecule has 0 bridgehead atoms. The lowest BCUT2D eigenvalue weighted by molar-refractivity contribution is 0.00591. The molecule has 2 atom stereocenters. The van der Waals surface area contributed by atoms with Crippen LogP contribution in [0.1, 0.15) is 39.2 Å². The number of amides is 1. The van der Waals surface area contributed by atoms with Crippen LogP contribution in [0.15, 0.2) is 18.3 Å². The second-order valence-electron chi connectivity index (χ2n) is 7.57. The van der Waals surface area contributed by atoms with Gasteiger partial charge in [0.15, 0.2) is 0 Å². The van der Waals surface area contributed by atoms with Crippen molar-refractivity contribution in [1.29, 1.82) is 0 Å². The van der Waals surface area contributed by atoms with Crippen molar-refractivity contribution in [1.82, 2.24) is 14.6 Å². The number of nitrogens with one attached hydrogen (secondary N) is 1. The van der Waals surface area contributed by atoms with Crippen molar-refractivity contribution < 1.29 is 17.9 Å². The number of pyridine rings is 1. The van der Waals surface area contributed by atoms with Crippen LogP contribution in [-0.2, 0) is 21.2 Å². The van der Waals surface area contributed by atoms with Crippen LogP contribution in [0.5, 0.6) is 0 Å². The van der Waals surface area contributed by atoms with E-state index < -0.39 is 21.7 Å². The summed E-state index contributed by atoms with van der Waals surface area (Å²) in [7, 11) is -3.41. The second kappa shape index (κ2) is 8.10. The molecule has 1 aliphatic rings. The summed E-state index contributed by atoms with van der Waals surface area (Å²) in [5, 5.41) is 0.382. The van der Waals surface area contributed by atoms with Gasteiger partial charge in [-0.2, -0.15) is 0 Å². The lowest BCUT2D eigenvalue weighted by Gasteiger charge is -2.41. The Morgan fingerprint density at radius 1 is 1.42 bits per heavy atom. The third kappa shape index (κ3) is 6.41. The first-order valence-electron chi connectivity index (χ1n) is 8.52. The van der Waals surface area contributed by atoms with Gasteiger partial charge in [0.1, 0.15) is 10.8 Å². The van der Waals surface area contributed by atoms with Gasteiger partial charge in [-0.05, 0) is 51.7 Å². The highest BCUT2D eigenvalue weighted by atomic mass is 35.5.